The van der Waals surface area contributed by atoms with Crippen molar-refractivity contribution in [2.24, 2.45) is 0 Å². The van der Waals surface area contributed by atoms with E-state index in [-0.39, 0.29) is 29.9 Å². The molecular formula is C30H34N4O7S. The number of carbonyl (C=O) groups is 4. The van der Waals surface area contributed by atoms with Gasteiger partial charge < -0.3 is 28.9 Å². The van der Waals surface area contributed by atoms with E-state index in [0.29, 0.717) is 76.2 Å². The molecular weight excluding hydrogens is 560 g/mol. The van der Waals surface area contributed by atoms with E-state index in [2.05, 4.69) is 4.90 Å². The summed E-state index contributed by atoms with van der Waals surface area (Å²) in [5.74, 6) is -0.0634. The van der Waals surface area contributed by atoms with Gasteiger partial charge in [-0.15, -0.1) is 0 Å². The third kappa shape index (κ3) is 7.05. The average molecular weight is 595 g/mol. The number of carbonyl (C=O) groups excluding carboxylic acids is 4. The summed E-state index contributed by atoms with van der Waals surface area (Å²) in [4.78, 5) is 58.1. The predicted octanol–water partition coefficient (Wildman–Crippen LogP) is 2.71. The maximum atomic E-state index is 13.1. The average Bonchev–Trinajstić information content (AvgIpc) is 3.28. The Balaban J connectivity index is 1.18. The summed E-state index contributed by atoms with van der Waals surface area (Å²) in [5, 5.41) is -0.478. The molecule has 42 heavy (non-hydrogen) atoms. The molecule has 222 valence electrons. The SMILES string of the molecule is CCOc1cc(/C=C2\SC(=O)N(CC(=O)N3CCN(c4ccccc4)CC3)C2=O)ccc1OCC(=O)N1CCOCC1. The van der Waals surface area contributed by atoms with Gasteiger partial charge in [-0.3, -0.25) is 24.1 Å². The van der Waals surface area contributed by atoms with Crippen LogP contribution in [0.3, 0.4) is 0 Å². The maximum Gasteiger partial charge on any atom is 0.294 e. The normalized spacial score (nSPS) is 18.5. The molecule has 0 unspecified atom stereocenters. The lowest BCUT2D eigenvalue weighted by molar-refractivity contribution is -0.137. The standard InChI is InChI=1S/C30H34N4O7S/c1-2-40-25-18-22(8-9-24(25)41-21-28(36)33-14-16-39-17-15-33)19-26-29(37)34(30(38)42-26)20-27(35)32-12-10-31(11-13-32)23-6-4-3-5-7-23/h3-9,18-19H,2,10-17,20-21H2,1H3/b26-19-. The van der Waals surface area contributed by atoms with Crippen LogP contribution >= 0.6 is 11.8 Å². The largest absolute Gasteiger partial charge is 0.490 e. The van der Waals surface area contributed by atoms with Crippen LogP contribution in [0.2, 0.25) is 0 Å². The van der Waals surface area contributed by atoms with Crippen molar-refractivity contribution >= 4 is 46.5 Å². The second kappa shape index (κ2) is 13.8. The monoisotopic (exact) mass is 594 g/mol. The summed E-state index contributed by atoms with van der Waals surface area (Å²) in [6.45, 7) is 6.27. The highest BCUT2D eigenvalue weighted by Crippen LogP contribution is 2.35. The molecule has 0 spiro atoms. The molecule has 3 saturated heterocycles. The van der Waals surface area contributed by atoms with Crippen molar-refractivity contribution < 1.29 is 33.4 Å². The van der Waals surface area contributed by atoms with Crippen LogP contribution in [-0.4, -0.2) is 110 Å². The number of hydrogen-bond donors (Lipinski definition) is 0. The molecule has 0 N–H and O–H groups in total. The van der Waals surface area contributed by atoms with E-state index in [1.54, 1.807) is 34.1 Å². The smallest absolute Gasteiger partial charge is 0.294 e. The second-order valence-electron chi connectivity index (χ2n) is 9.89. The lowest BCUT2D eigenvalue weighted by Gasteiger charge is -2.36. The molecule has 2 aromatic carbocycles. The van der Waals surface area contributed by atoms with Gasteiger partial charge in [-0.05, 0) is 54.6 Å². The number of para-hydroxylation sites is 1. The van der Waals surface area contributed by atoms with Gasteiger partial charge in [-0.1, -0.05) is 24.3 Å². The fourth-order valence-electron chi connectivity index (χ4n) is 4.92. The molecule has 0 atom stereocenters. The Kier molecular flexibility index (Phi) is 9.65. The van der Waals surface area contributed by atoms with Crippen molar-refractivity contribution in [1.29, 1.82) is 0 Å². The lowest BCUT2D eigenvalue weighted by Crippen LogP contribution is -2.51. The fourth-order valence-corrected chi connectivity index (χ4v) is 5.76. The number of imide groups is 1. The summed E-state index contributed by atoms with van der Waals surface area (Å²) in [5.41, 5.74) is 1.73. The Labute approximate surface area is 248 Å². The molecule has 0 saturated carbocycles. The number of rotatable bonds is 9. The van der Waals surface area contributed by atoms with Gasteiger partial charge in [0.25, 0.3) is 17.1 Å². The minimum absolute atomic E-state index is 0.131. The topological polar surface area (TPSA) is 109 Å². The van der Waals surface area contributed by atoms with Crippen LogP contribution in [0, 0.1) is 0 Å². The van der Waals surface area contributed by atoms with Gasteiger partial charge in [-0.2, -0.15) is 0 Å². The molecule has 3 aliphatic rings. The van der Waals surface area contributed by atoms with Crippen molar-refractivity contribution in [2.75, 3.05) is 77.1 Å². The van der Waals surface area contributed by atoms with Crippen LogP contribution in [0.4, 0.5) is 10.5 Å². The van der Waals surface area contributed by atoms with Gasteiger partial charge in [0.15, 0.2) is 18.1 Å². The number of thioether (sulfide) groups is 1. The van der Waals surface area contributed by atoms with Crippen LogP contribution in [-0.2, 0) is 19.1 Å². The Bertz CT molecular complexity index is 1340. The van der Waals surface area contributed by atoms with Gasteiger partial charge in [0.1, 0.15) is 6.54 Å². The zero-order valence-corrected chi connectivity index (χ0v) is 24.3. The number of amides is 4. The third-order valence-electron chi connectivity index (χ3n) is 7.20. The number of ether oxygens (including phenoxy) is 3. The number of piperazine rings is 1. The van der Waals surface area contributed by atoms with Crippen molar-refractivity contribution in [3.63, 3.8) is 0 Å². The van der Waals surface area contributed by atoms with Gasteiger partial charge in [0.2, 0.25) is 5.91 Å². The molecule has 12 heteroatoms. The molecule has 3 heterocycles. The summed E-state index contributed by atoms with van der Waals surface area (Å²) in [7, 11) is 0. The number of benzene rings is 2. The molecule has 0 radical (unpaired) electrons. The highest BCUT2D eigenvalue weighted by Gasteiger charge is 2.37. The minimum Gasteiger partial charge on any atom is -0.490 e. The summed E-state index contributed by atoms with van der Waals surface area (Å²) >= 11 is 0.803. The lowest BCUT2D eigenvalue weighted by atomic mass is 10.2. The molecule has 2 aromatic rings. The molecule has 11 nitrogen and oxygen atoms in total. The Morgan fingerprint density at radius 3 is 2.31 bits per heavy atom. The van der Waals surface area contributed by atoms with E-state index < -0.39 is 11.1 Å². The van der Waals surface area contributed by atoms with Gasteiger partial charge in [0, 0.05) is 45.0 Å². The number of morpholine rings is 1. The first-order valence-corrected chi connectivity index (χ1v) is 14.8. The van der Waals surface area contributed by atoms with E-state index in [0.717, 1.165) is 22.3 Å². The molecule has 3 fully saturated rings. The van der Waals surface area contributed by atoms with Crippen molar-refractivity contribution in [3.05, 3.63) is 59.0 Å². The Morgan fingerprint density at radius 2 is 1.60 bits per heavy atom. The summed E-state index contributed by atoms with van der Waals surface area (Å²) < 4.78 is 16.8. The minimum atomic E-state index is -0.504. The fraction of sp³-hybridized carbons (Fsp3) is 0.400. The van der Waals surface area contributed by atoms with E-state index in [1.165, 1.54) is 0 Å². The van der Waals surface area contributed by atoms with Crippen molar-refractivity contribution in [2.45, 2.75) is 6.92 Å². The van der Waals surface area contributed by atoms with Gasteiger partial charge in [-0.25, -0.2) is 0 Å². The summed E-state index contributed by atoms with van der Waals surface area (Å²) in [6.07, 6.45) is 1.60. The zero-order chi connectivity index (χ0) is 29.5. The first-order valence-electron chi connectivity index (χ1n) is 14.0. The molecule has 5 rings (SSSR count). The number of anilines is 1. The van der Waals surface area contributed by atoms with Gasteiger partial charge in [0.05, 0.1) is 24.7 Å². The quantitative estimate of drug-likeness (QED) is 0.405. The van der Waals surface area contributed by atoms with Crippen LogP contribution < -0.4 is 14.4 Å². The molecule has 0 bridgehead atoms. The van der Waals surface area contributed by atoms with E-state index in [4.69, 9.17) is 14.2 Å². The van der Waals surface area contributed by atoms with Crippen LogP contribution in [0.5, 0.6) is 11.5 Å². The first-order chi connectivity index (χ1) is 20.4. The first kappa shape index (κ1) is 29.5. The molecule has 3 aliphatic heterocycles. The van der Waals surface area contributed by atoms with Crippen molar-refractivity contribution in [3.8, 4) is 11.5 Å². The third-order valence-corrected chi connectivity index (χ3v) is 8.11. The molecule has 0 aliphatic carbocycles. The predicted molar refractivity (Wildman–Crippen MR) is 158 cm³/mol. The van der Waals surface area contributed by atoms with Crippen LogP contribution in [0.25, 0.3) is 6.08 Å². The zero-order valence-electron chi connectivity index (χ0n) is 23.5. The van der Waals surface area contributed by atoms with E-state index in [1.807, 2.05) is 37.3 Å². The Morgan fingerprint density at radius 1 is 0.881 bits per heavy atom. The maximum absolute atomic E-state index is 13.1. The van der Waals surface area contributed by atoms with E-state index >= 15 is 0 Å². The molecule has 0 aromatic heterocycles. The van der Waals surface area contributed by atoms with Crippen LogP contribution in [0.1, 0.15) is 12.5 Å². The van der Waals surface area contributed by atoms with Crippen LogP contribution in [0.15, 0.2) is 53.4 Å². The number of nitrogens with zero attached hydrogens (tertiary/aromatic N) is 4. The van der Waals surface area contributed by atoms with E-state index in [9.17, 15) is 19.2 Å². The van der Waals surface area contributed by atoms with Gasteiger partial charge >= 0.3 is 0 Å². The number of hydrogen-bond acceptors (Lipinski definition) is 9. The second-order valence-corrected chi connectivity index (χ2v) is 10.9. The van der Waals surface area contributed by atoms with Crippen molar-refractivity contribution in [1.82, 2.24) is 14.7 Å². The highest BCUT2D eigenvalue weighted by atomic mass is 32.2. The highest BCUT2D eigenvalue weighted by molar-refractivity contribution is 8.18. The molecule has 4 amide bonds. The summed E-state index contributed by atoms with van der Waals surface area (Å²) in [6, 6.07) is 15.1. The Hall–Kier alpha value is -4.03.